The van der Waals surface area contributed by atoms with Crippen LogP contribution in [0.4, 0.5) is 10.5 Å². The topological polar surface area (TPSA) is 156 Å². The van der Waals surface area contributed by atoms with Crippen LogP contribution in [0, 0.1) is 11.8 Å². The average molecular weight is 844 g/mol. The third-order valence-electron chi connectivity index (χ3n) is 12.3. The second kappa shape index (κ2) is 22.0. The van der Waals surface area contributed by atoms with Crippen molar-refractivity contribution < 1.29 is 29.3 Å². The molecule has 2 heterocycles. The van der Waals surface area contributed by atoms with Crippen LogP contribution < -0.4 is 16.2 Å². The molecule has 1 saturated heterocycles. The van der Waals surface area contributed by atoms with E-state index in [9.17, 15) is 24.6 Å². The molecule has 1 saturated carbocycles. The number of anilines is 1. The number of carbonyl (C=O) groups is 2. The highest BCUT2D eigenvalue weighted by Gasteiger charge is 2.42. The fraction of sp³-hybridized carbons (Fsp3) is 0.420. The molecule has 62 heavy (non-hydrogen) atoms. The Kier molecular flexibility index (Phi) is 15.8. The van der Waals surface area contributed by atoms with Crippen LogP contribution >= 0.6 is 0 Å². The van der Waals surface area contributed by atoms with Gasteiger partial charge in [0.25, 0.3) is 0 Å². The van der Waals surface area contributed by atoms with E-state index in [0.29, 0.717) is 67.6 Å². The number of rotatable bonds is 21. The number of hydrogen-bond donors (Lipinski definition) is 5. The van der Waals surface area contributed by atoms with Crippen molar-refractivity contribution in [2.45, 2.75) is 64.1 Å². The van der Waals surface area contributed by atoms with Crippen molar-refractivity contribution in [1.29, 1.82) is 0 Å². The molecule has 12 nitrogen and oxygen atoms in total. The molecule has 4 atom stereocenters. The first-order valence-corrected chi connectivity index (χ1v) is 22.3. The van der Waals surface area contributed by atoms with Crippen molar-refractivity contribution in [3.8, 4) is 16.9 Å². The summed E-state index contributed by atoms with van der Waals surface area (Å²) >= 11 is 0. The smallest absolute Gasteiger partial charge is 0.411 e. The number of unbranched alkanes of at least 4 members (excludes halogenated alkanes) is 1. The highest BCUT2D eigenvalue weighted by molar-refractivity contribution is 5.91. The SMILES string of the molecule is CCCCN(CCNC[C@H](O)c1ccc(O)c2[nH]c(=O)ccc12)C(=O)CCOCCc1cccc(CCN2C[C@H]3C[C@H](OC(=O)Nc4ccccc4-c4ccccc4)C[C@H]3C2)c1. The number of benzene rings is 4. The lowest BCUT2D eigenvalue weighted by atomic mass is 10.0. The number of likely N-dealkylation sites (tertiary alicyclic amines) is 1. The molecule has 0 bridgehead atoms. The maximum absolute atomic E-state index is 13.2. The quantitative estimate of drug-likeness (QED) is 0.0479. The van der Waals surface area contributed by atoms with E-state index in [1.165, 1.54) is 23.3 Å². The molecular weight excluding hydrogens is 783 g/mol. The predicted octanol–water partition coefficient (Wildman–Crippen LogP) is 7.30. The van der Waals surface area contributed by atoms with Crippen molar-refractivity contribution in [2.75, 3.05) is 64.3 Å². The van der Waals surface area contributed by atoms with E-state index in [1.807, 2.05) is 59.5 Å². The van der Waals surface area contributed by atoms with E-state index in [-0.39, 0.29) is 36.0 Å². The normalized spacial score (nSPS) is 17.8. The van der Waals surface area contributed by atoms with Gasteiger partial charge in [0.15, 0.2) is 0 Å². The number of aromatic nitrogens is 1. The van der Waals surface area contributed by atoms with E-state index >= 15 is 0 Å². The molecule has 2 fully saturated rings. The van der Waals surface area contributed by atoms with Gasteiger partial charge in [-0.3, -0.25) is 14.9 Å². The number of nitrogens with one attached hydrogen (secondary N) is 3. The molecule has 0 unspecified atom stereocenters. The monoisotopic (exact) mass is 843 g/mol. The summed E-state index contributed by atoms with van der Waals surface area (Å²) in [5, 5.41) is 27.9. The average Bonchev–Trinajstić information content (AvgIpc) is 3.84. The Morgan fingerprint density at radius 3 is 2.44 bits per heavy atom. The summed E-state index contributed by atoms with van der Waals surface area (Å²) in [5.41, 5.74) is 5.88. The first-order chi connectivity index (χ1) is 30.2. The molecular formula is C50H61N5O7. The van der Waals surface area contributed by atoms with Crippen LogP contribution in [-0.2, 0) is 27.1 Å². The summed E-state index contributed by atoms with van der Waals surface area (Å²) < 4.78 is 11.9. The number of aliphatic hydroxyl groups excluding tert-OH is 1. The molecule has 1 aromatic heterocycles. The Bertz CT molecular complexity index is 2290. The van der Waals surface area contributed by atoms with Crippen LogP contribution in [0.3, 0.4) is 0 Å². The summed E-state index contributed by atoms with van der Waals surface area (Å²) in [6, 6.07) is 32.7. The van der Waals surface area contributed by atoms with Gasteiger partial charge in [0.2, 0.25) is 11.5 Å². The lowest BCUT2D eigenvalue weighted by molar-refractivity contribution is -0.132. The lowest BCUT2D eigenvalue weighted by Crippen LogP contribution is -2.38. The first kappa shape index (κ1) is 44.5. The molecule has 5 N–H and O–H groups in total. The molecule has 2 aliphatic rings. The van der Waals surface area contributed by atoms with Crippen LogP contribution in [0.5, 0.6) is 5.75 Å². The van der Waals surface area contributed by atoms with Gasteiger partial charge in [0.05, 0.1) is 36.9 Å². The minimum atomic E-state index is -0.864. The maximum Gasteiger partial charge on any atom is 0.411 e. The maximum atomic E-state index is 13.2. The van der Waals surface area contributed by atoms with Gasteiger partial charge >= 0.3 is 6.09 Å². The van der Waals surface area contributed by atoms with Crippen LogP contribution in [-0.4, -0.2) is 102 Å². The molecule has 12 heteroatoms. The van der Waals surface area contributed by atoms with Crippen molar-refractivity contribution >= 4 is 28.6 Å². The number of phenolic OH excluding ortho intramolecular Hbond substituents is 1. The van der Waals surface area contributed by atoms with Gasteiger partial charge in [0.1, 0.15) is 11.9 Å². The molecule has 5 aromatic rings. The second-order valence-corrected chi connectivity index (χ2v) is 16.7. The summed E-state index contributed by atoms with van der Waals surface area (Å²) in [7, 11) is 0. The predicted molar refractivity (Wildman–Crippen MR) is 243 cm³/mol. The number of aromatic amines is 1. The molecule has 0 spiro atoms. The second-order valence-electron chi connectivity index (χ2n) is 16.7. The standard InChI is InChI=1S/C50H61N5O7/c1-2-3-24-55(26-23-51-32-46(57)42-16-18-45(56)49-43(42)17-19-47(58)53-49)48(59)22-28-61-27-21-36-11-9-10-35(29-36)20-25-54-33-38-30-40(31-39(38)34-54)62-50(60)52-44-15-8-7-14-41(44)37-12-5-4-6-13-37/h4-19,29,38-40,46,51,56-57H,2-3,20-28,30-34H2,1H3,(H,52,60)(H,53,58)/t38-,39+,40+,46-/m0/s1. The molecule has 328 valence electrons. The molecule has 1 aliphatic heterocycles. The third kappa shape index (κ3) is 12.1. The van der Waals surface area contributed by atoms with Crippen molar-refractivity contribution in [3.63, 3.8) is 0 Å². The van der Waals surface area contributed by atoms with Gasteiger partial charge in [-0.15, -0.1) is 0 Å². The Hall–Kier alpha value is -5.53. The highest BCUT2D eigenvalue weighted by Crippen LogP contribution is 2.40. The Morgan fingerprint density at radius 2 is 1.65 bits per heavy atom. The fourth-order valence-corrected chi connectivity index (χ4v) is 9.03. The minimum absolute atomic E-state index is 0.0498. The van der Waals surface area contributed by atoms with Crippen LogP contribution in [0.25, 0.3) is 22.0 Å². The van der Waals surface area contributed by atoms with Gasteiger partial charge in [-0.1, -0.05) is 92.2 Å². The van der Waals surface area contributed by atoms with Gasteiger partial charge < -0.3 is 39.8 Å². The number of nitrogens with zero attached hydrogens (tertiary/aromatic N) is 2. The number of ether oxygens (including phenoxy) is 2. The van der Waals surface area contributed by atoms with E-state index in [4.69, 9.17) is 9.47 Å². The van der Waals surface area contributed by atoms with E-state index in [2.05, 4.69) is 51.7 Å². The fourth-order valence-electron chi connectivity index (χ4n) is 9.03. The number of amides is 2. The zero-order valence-corrected chi connectivity index (χ0v) is 35.8. The minimum Gasteiger partial charge on any atom is -0.506 e. The Morgan fingerprint density at radius 1 is 0.887 bits per heavy atom. The number of aliphatic hydroxyl groups is 1. The number of para-hydroxylation sites is 1. The molecule has 0 radical (unpaired) electrons. The van der Waals surface area contributed by atoms with Crippen LogP contribution in [0.1, 0.15) is 61.8 Å². The third-order valence-corrected chi connectivity index (χ3v) is 12.3. The molecule has 4 aromatic carbocycles. The van der Waals surface area contributed by atoms with E-state index in [0.717, 1.165) is 75.0 Å². The summed E-state index contributed by atoms with van der Waals surface area (Å²) in [6.07, 6.45) is 4.45. The van der Waals surface area contributed by atoms with Gasteiger partial charge in [-0.2, -0.15) is 0 Å². The lowest BCUT2D eigenvalue weighted by Gasteiger charge is -2.23. The Balaban J connectivity index is 0.772. The summed E-state index contributed by atoms with van der Waals surface area (Å²) in [5.74, 6) is 1.09. The Labute approximate surface area is 364 Å². The number of fused-ring (bicyclic) bond motifs is 2. The van der Waals surface area contributed by atoms with E-state index < -0.39 is 6.10 Å². The van der Waals surface area contributed by atoms with E-state index in [1.54, 1.807) is 12.1 Å². The van der Waals surface area contributed by atoms with Crippen molar-refractivity contribution in [2.24, 2.45) is 11.8 Å². The largest absolute Gasteiger partial charge is 0.506 e. The molecule has 7 rings (SSSR count). The number of H-pyrrole nitrogens is 1. The van der Waals surface area contributed by atoms with Gasteiger partial charge in [-0.25, -0.2) is 4.79 Å². The number of phenols is 1. The number of hydrogen-bond acceptors (Lipinski definition) is 9. The van der Waals surface area contributed by atoms with Crippen molar-refractivity contribution in [3.05, 3.63) is 130 Å². The summed E-state index contributed by atoms with van der Waals surface area (Å²) in [6.45, 7) is 8.02. The number of pyridine rings is 1. The first-order valence-electron chi connectivity index (χ1n) is 22.3. The molecule has 2 amide bonds. The van der Waals surface area contributed by atoms with Crippen LogP contribution in [0.15, 0.2) is 108 Å². The van der Waals surface area contributed by atoms with Crippen LogP contribution in [0.2, 0.25) is 0 Å². The van der Waals surface area contributed by atoms with Gasteiger partial charge in [0, 0.05) is 62.8 Å². The zero-order chi connectivity index (χ0) is 43.3. The molecule has 1 aliphatic carbocycles. The van der Waals surface area contributed by atoms with Crippen molar-refractivity contribution in [1.82, 2.24) is 20.1 Å². The van der Waals surface area contributed by atoms with Gasteiger partial charge in [-0.05, 0) is 84.4 Å². The number of aromatic hydroxyl groups is 1. The zero-order valence-electron chi connectivity index (χ0n) is 35.8. The summed E-state index contributed by atoms with van der Waals surface area (Å²) in [4.78, 5) is 44.9. The highest BCUT2D eigenvalue weighted by atomic mass is 16.6. The number of carbonyl (C=O) groups excluding carboxylic acids is 2.